The van der Waals surface area contributed by atoms with Crippen molar-refractivity contribution in [2.75, 3.05) is 13.7 Å². The van der Waals surface area contributed by atoms with Crippen LogP contribution in [-0.2, 0) is 28.5 Å². The van der Waals surface area contributed by atoms with Crippen LogP contribution in [0.4, 0.5) is 0 Å². The van der Waals surface area contributed by atoms with E-state index in [0.717, 1.165) is 0 Å². The summed E-state index contributed by atoms with van der Waals surface area (Å²) in [4.78, 5) is 11.7. The Morgan fingerprint density at radius 3 is 2.37 bits per heavy atom. The Morgan fingerprint density at radius 1 is 1.16 bits per heavy atom. The molecule has 0 aromatic heterocycles. The molecular weight excluding hydrogens is 252 g/mol. The van der Waals surface area contributed by atoms with Gasteiger partial charge >= 0.3 is 5.97 Å². The first kappa shape index (κ1) is 14.7. The second-order valence-corrected chi connectivity index (χ2v) is 5.80. The zero-order chi connectivity index (χ0) is 14.3. The summed E-state index contributed by atoms with van der Waals surface area (Å²) in [5.41, 5.74) is 0. The number of carbonyl (C=O) groups excluding carboxylic acids is 1. The Bertz CT molecular complexity index is 351. The highest BCUT2D eigenvalue weighted by atomic mass is 16.8. The molecule has 2 heterocycles. The highest BCUT2D eigenvalue weighted by molar-refractivity contribution is 5.75. The van der Waals surface area contributed by atoms with E-state index in [2.05, 4.69) is 0 Å². The van der Waals surface area contributed by atoms with Crippen LogP contribution in [0.25, 0.3) is 0 Å². The average molecular weight is 274 g/mol. The van der Waals surface area contributed by atoms with Gasteiger partial charge in [-0.05, 0) is 27.7 Å². The van der Waals surface area contributed by atoms with Crippen molar-refractivity contribution in [3.05, 3.63) is 0 Å². The lowest BCUT2D eigenvalue weighted by atomic mass is 10.1. The predicted octanol–water partition coefficient (Wildman–Crippen LogP) is 1.22. The molecule has 19 heavy (non-hydrogen) atoms. The molecule has 0 saturated carbocycles. The molecule has 0 radical (unpaired) electrons. The average Bonchev–Trinajstić information content (AvgIpc) is 2.78. The SMILES string of the molecule is COC(=O)[C@H]1OC(C)(C)O[C@H]1C[C@H]1COC(C)(C)O1. The third-order valence-corrected chi connectivity index (χ3v) is 3.18. The van der Waals surface area contributed by atoms with Gasteiger partial charge in [0.25, 0.3) is 0 Å². The van der Waals surface area contributed by atoms with Gasteiger partial charge in [-0.25, -0.2) is 4.79 Å². The summed E-state index contributed by atoms with van der Waals surface area (Å²) in [6.45, 7) is 7.76. The molecule has 0 amide bonds. The fourth-order valence-corrected chi connectivity index (χ4v) is 2.46. The Morgan fingerprint density at radius 2 is 1.84 bits per heavy atom. The van der Waals surface area contributed by atoms with Crippen LogP contribution in [0.2, 0.25) is 0 Å². The van der Waals surface area contributed by atoms with Crippen LogP contribution in [0.1, 0.15) is 34.1 Å². The molecule has 0 bridgehead atoms. The molecule has 2 aliphatic rings. The van der Waals surface area contributed by atoms with E-state index in [4.69, 9.17) is 23.7 Å². The molecule has 0 spiro atoms. The Balaban J connectivity index is 1.99. The molecule has 0 aromatic carbocycles. The highest BCUT2D eigenvalue weighted by Gasteiger charge is 2.48. The first-order chi connectivity index (χ1) is 8.72. The van der Waals surface area contributed by atoms with Crippen LogP contribution < -0.4 is 0 Å². The van der Waals surface area contributed by atoms with E-state index >= 15 is 0 Å². The van der Waals surface area contributed by atoms with Crippen molar-refractivity contribution in [3.63, 3.8) is 0 Å². The van der Waals surface area contributed by atoms with Crippen molar-refractivity contribution < 1.29 is 28.5 Å². The van der Waals surface area contributed by atoms with Gasteiger partial charge in [0.2, 0.25) is 0 Å². The Kier molecular flexibility index (Phi) is 3.88. The highest BCUT2D eigenvalue weighted by Crippen LogP contribution is 2.34. The lowest BCUT2D eigenvalue weighted by Gasteiger charge is -2.20. The van der Waals surface area contributed by atoms with E-state index in [0.29, 0.717) is 13.0 Å². The molecule has 6 nitrogen and oxygen atoms in total. The topological polar surface area (TPSA) is 63.2 Å². The minimum absolute atomic E-state index is 0.107. The summed E-state index contributed by atoms with van der Waals surface area (Å²) >= 11 is 0. The summed E-state index contributed by atoms with van der Waals surface area (Å²) in [6.07, 6.45) is -0.672. The second-order valence-electron chi connectivity index (χ2n) is 5.80. The number of ether oxygens (including phenoxy) is 5. The van der Waals surface area contributed by atoms with E-state index in [1.165, 1.54) is 7.11 Å². The first-order valence-corrected chi connectivity index (χ1v) is 6.48. The molecule has 2 fully saturated rings. The summed E-state index contributed by atoms with van der Waals surface area (Å²) in [6, 6.07) is 0. The monoisotopic (exact) mass is 274 g/mol. The molecule has 2 saturated heterocycles. The number of methoxy groups -OCH3 is 1. The fraction of sp³-hybridized carbons (Fsp3) is 0.923. The standard InChI is InChI=1S/C13H22O6/c1-12(2)16-7-8(17-12)6-9-10(11(14)15-5)19-13(3,4)18-9/h8-10H,6-7H2,1-5H3/t8-,9-,10-/m0/s1. The van der Waals surface area contributed by atoms with Crippen molar-refractivity contribution in [3.8, 4) is 0 Å². The van der Waals surface area contributed by atoms with E-state index < -0.39 is 23.6 Å². The largest absolute Gasteiger partial charge is 0.467 e. The third-order valence-electron chi connectivity index (χ3n) is 3.18. The summed E-state index contributed by atoms with van der Waals surface area (Å²) < 4.78 is 27.3. The molecule has 3 atom stereocenters. The second kappa shape index (κ2) is 5.01. The molecular formula is C13H22O6. The Hall–Kier alpha value is -0.690. The normalized spacial score (nSPS) is 36.4. The number of carbonyl (C=O) groups is 1. The molecule has 0 N–H and O–H groups in total. The van der Waals surface area contributed by atoms with Crippen molar-refractivity contribution in [2.45, 2.75) is 64.0 Å². The lowest BCUT2D eigenvalue weighted by molar-refractivity contribution is -0.168. The van der Waals surface area contributed by atoms with Gasteiger partial charge in [0.15, 0.2) is 17.7 Å². The maximum Gasteiger partial charge on any atom is 0.337 e. The van der Waals surface area contributed by atoms with Crippen LogP contribution in [0.5, 0.6) is 0 Å². The van der Waals surface area contributed by atoms with Gasteiger partial charge in [0.1, 0.15) is 6.10 Å². The molecule has 110 valence electrons. The van der Waals surface area contributed by atoms with Gasteiger partial charge in [0, 0.05) is 6.42 Å². The van der Waals surface area contributed by atoms with Gasteiger partial charge in [-0.3, -0.25) is 0 Å². The minimum Gasteiger partial charge on any atom is -0.467 e. The molecule has 0 aliphatic carbocycles. The quantitative estimate of drug-likeness (QED) is 0.721. The minimum atomic E-state index is -0.793. The number of esters is 1. The van der Waals surface area contributed by atoms with Crippen molar-refractivity contribution in [1.82, 2.24) is 0 Å². The van der Waals surface area contributed by atoms with Gasteiger partial charge in [0.05, 0.1) is 19.8 Å². The molecule has 2 rings (SSSR count). The zero-order valence-electron chi connectivity index (χ0n) is 12.1. The van der Waals surface area contributed by atoms with Gasteiger partial charge in [-0.15, -0.1) is 0 Å². The van der Waals surface area contributed by atoms with Crippen LogP contribution >= 0.6 is 0 Å². The fourth-order valence-electron chi connectivity index (χ4n) is 2.46. The summed E-state index contributed by atoms with van der Waals surface area (Å²) in [5.74, 6) is -1.80. The van der Waals surface area contributed by atoms with E-state index in [9.17, 15) is 4.79 Å². The number of hydrogen-bond acceptors (Lipinski definition) is 6. The third kappa shape index (κ3) is 3.45. The molecule has 6 heteroatoms. The van der Waals surface area contributed by atoms with Crippen molar-refractivity contribution in [1.29, 1.82) is 0 Å². The Labute approximate surface area is 113 Å². The van der Waals surface area contributed by atoms with E-state index in [1.54, 1.807) is 13.8 Å². The van der Waals surface area contributed by atoms with Gasteiger partial charge < -0.3 is 23.7 Å². The van der Waals surface area contributed by atoms with E-state index in [-0.39, 0.29) is 12.2 Å². The summed E-state index contributed by atoms with van der Waals surface area (Å²) in [7, 11) is 1.34. The molecule has 0 aromatic rings. The maximum absolute atomic E-state index is 11.7. The van der Waals surface area contributed by atoms with Gasteiger partial charge in [-0.1, -0.05) is 0 Å². The zero-order valence-corrected chi connectivity index (χ0v) is 12.1. The predicted molar refractivity (Wildman–Crippen MR) is 65.4 cm³/mol. The molecule has 2 aliphatic heterocycles. The smallest absolute Gasteiger partial charge is 0.337 e. The van der Waals surface area contributed by atoms with Crippen LogP contribution in [-0.4, -0.2) is 49.6 Å². The number of rotatable bonds is 3. The van der Waals surface area contributed by atoms with Crippen LogP contribution in [0.15, 0.2) is 0 Å². The first-order valence-electron chi connectivity index (χ1n) is 6.48. The maximum atomic E-state index is 11.7. The van der Waals surface area contributed by atoms with Crippen LogP contribution in [0, 0.1) is 0 Å². The van der Waals surface area contributed by atoms with Gasteiger partial charge in [-0.2, -0.15) is 0 Å². The van der Waals surface area contributed by atoms with Crippen molar-refractivity contribution in [2.24, 2.45) is 0 Å². The molecule has 0 unspecified atom stereocenters. The summed E-state index contributed by atoms with van der Waals surface area (Å²) in [5, 5.41) is 0. The van der Waals surface area contributed by atoms with E-state index in [1.807, 2.05) is 13.8 Å². The number of hydrogen-bond donors (Lipinski definition) is 0. The van der Waals surface area contributed by atoms with Crippen molar-refractivity contribution >= 4 is 5.97 Å². The lowest BCUT2D eigenvalue weighted by Crippen LogP contribution is -2.35. The van der Waals surface area contributed by atoms with Crippen LogP contribution in [0.3, 0.4) is 0 Å².